The molecule has 0 bridgehead atoms. The molecule has 1 N–H and O–H groups in total. The Morgan fingerprint density at radius 2 is 1.95 bits per heavy atom. The Hall–Kier alpha value is -3.01. The van der Waals surface area contributed by atoms with Gasteiger partial charge in [0.15, 0.2) is 0 Å². The fourth-order valence-electron chi connectivity index (χ4n) is 4.99. The highest BCUT2D eigenvalue weighted by Crippen LogP contribution is 2.36. The van der Waals surface area contributed by atoms with Crippen LogP contribution in [0.15, 0.2) is 18.3 Å². The van der Waals surface area contributed by atoms with Gasteiger partial charge in [-0.1, -0.05) is 0 Å². The van der Waals surface area contributed by atoms with Crippen LogP contribution in [0.2, 0.25) is 0 Å². The van der Waals surface area contributed by atoms with Crippen LogP contribution in [-0.4, -0.2) is 60.1 Å². The lowest BCUT2D eigenvalue weighted by molar-refractivity contribution is -0.143. The lowest BCUT2D eigenvalue weighted by Crippen LogP contribution is -2.54. The van der Waals surface area contributed by atoms with Crippen LogP contribution in [-0.2, 0) is 25.4 Å². The summed E-state index contributed by atoms with van der Waals surface area (Å²) in [5.74, 6) is 0.102. The maximum absolute atomic E-state index is 14.9. The van der Waals surface area contributed by atoms with Crippen molar-refractivity contribution in [1.82, 2.24) is 15.3 Å². The number of amides is 1. The number of pyridine rings is 2. The topological polar surface area (TPSA) is 109 Å². The average Bonchev–Trinajstić information content (AvgIpc) is 2.86. The molecule has 0 radical (unpaired) electrons. The van der Waals surface area contributed by atoms with E-state index in [0.717, 1.165) is 32.1 Å². The van der Waals surface area contributed by atoms with Gasteiger partial charge in [0.25, 0.3) is 0 Å². The van der Waals surface area contributed by atoms with E-state index in [1.807, 2.05) is 20.8 Å². The molecular weight excluding hydrogens is 505 g/mol. The molecule has 216 valence electrons. The number of carbonyl (C=O) groups excluding carboxylic acids is 2. The first-order valence-corrected chi connectivity index (χ1v) is 13.8. The van der Waals surface area contributed by atoms with Gasteiger partial charge in [-0.3, -0.25) is 9.78 Å². The first-order chi connectivity index (χ1) is 18.5. The fraction of sp³-hybridized carbons (Fsp3) is 0.655. The van der Waals surface area contributed by atoms with Crippen LogP contribution in [0.3, 0.4) is 0 Å². The highest BCUT2D eigenvalue weighted by molar-refractivity contribution is 5.78. The number of hydrogen-bond donors (Lipinski definition) is 1. The lowest BCUT2D eigenvalue weighted by Gasteiger charge is -2.40. The molecule has 0 saturated heterocycles. The quantitative estimate of drug-likeness (QED) is 0.273. The van der Waals surface area contributed by atoms with Crippen LogP contribution >= 0.6 is 0 Å². The number of esters is 1. The van der Waals surface area contributed by atoms with E-state index >= 15 is 0 Å². The van der Waals surface area contributed by atoms with Crippen molar-refractivity contribution in [3.05, 3.63) is 29.7 Å². The Kier molecular flexibility index (Phi) is 10.9. The Labute approximate surface area is 230 Å². The largest absolute Gasteiger partial charge is 0.478 e. The third-order valence-electron chi connectivity index (χ3n) is 6.87. The fourth-order valence-corrected chi connectivity index (χ4v) is 4.99. The molecule has 0 unspecified atom stereocenters. The number of nitrogens with one attached hydrogen (secondary N) is 1. The molecule has 0 spiro atoms. The Balaban J connectivity index is 1.60. The van der Waals surface area contributed by atoms with Crippen LogP contribution in [0, 0.1) is 11.7 Å². The third kappa shape index (κ3) is 9.30. The highest BCUT2D eigenvalue weighted by Gasteiger charge is 2.38. The van der Waals surface area contributed by atoms with Crippen molar-refractivity contribution in [2.24, 2.45) is 5.92 Å². The number of methoxy groups -OCH3 is 1. The Morgan fingerprint density at radius 1 is 1.21 bits per heavy atom. The van der Waals surface area contributed by atoms with Gasteiger partial charge in [-0.2, -0.15) is 0 Å². The monoisotopic (exact) mass is 547 g/mol. The van der Waals surface area contributed by atoms with E-state index in [1.165, 1.54) is 6.20 Å². The van der Waals surface area contributed by atoms with Gasteiger partial charge >= 0.3 is 12.1 Å². The zero-order valence-electron chi connectivity index (χ0n) is 23.8. The molecular formula is C29H42FN3O6. The second-order valence-electron chi connectivity index (χ2n) is 11.2. The number of hydrogen-bond acceptors (Lipinski definition) is 8. The Bertz CT molecular complexity index is 1110. The number of ether oxygens (including phenoxy) is 4. The van der Waals surface area contributed by atoms with Crippen LogP contribution in [0.4, 0.5) is 9.18 Å². The second kappa shape index (κ2) is 13.9. The summed E-state index contributed by atoms with van der Waals surface area (Å²) < 4.78 is 36.5. The number of fused-ring (bicyclic) bond motifs is 1. The molecule has 3 rings (SSSR count). The van der Waals surface area contributed by atoms with Crippen molar-refractivity contribution < 1.29 is 32.9 Å². The smallest absolute Gasteiger partial charge is 0.408 e. The summed E-state index contributed by atoms with van der Waals surface area (Å²) in [6.45, 7) is 8.35. The van der Waals surface area contributed by atoms with Crippen molar-refractivity contribution in [2.45, 2.75) is 90.2 Å². The molecule has 0 aromatic carbocycles. The van der Waals surface area contributed by atoms with Gasteiger partial charge in [0.2, 0.25) is 5.88 Å². The summed E-state index contributed by atoms with van der Waals surface area (Å²) in [6, 6.07) is 3.48. The zero-order chi connectivity index (χ0) is 28.5. The molecule has 2 aromatic heterocycles. The predicted molar refractivity (Wildman–Crippen MR) is 145 cm³/mol. The highest BCUT2D eigenvalue weighted by atomic mass is 19.1. The maximum Gasteiger partial charge on any atom is 0.408 e. The molecule has 1 aliphatic carbocycles. The number of rotatable bonds is 12. The molecule has 9 nitrogen and oxygen atoms in total. The Morgan fingerprint density at radius 3 is 2.62 bits per heavy atom. The van der Waals surface area contributed by atoms with Crippen molar-refractivity contribution in [2.75, 3.05) is 26.9 Å². The molecule has 10 heteroatoms. The summed E-state index contributed by atoms with van der Waals surface area (Å²) in [6.07, 6.45) is 6.16. The summed E-state index contributed by atoms with van der Waals surface area (Å²) >= 11 is 0. The van der Waals surface area contributed by atoms with E-state index in [-0.39, 0.29) is 18.2 Å². The lowest BCUT2D eigenvalue weighted by atomic mass is 9.75. The molecule has 1 fully saturated rings. The van der Waals surface area contributed by atoms with Gasteiger partial charge in [0, 0.05) is 25.2 Å². The molecule has 1 aliphatic rings. The van der Waals surface area contributed by atoms with Crippen molar-refractivity contribution >= 4 is 23.1 Å². The van der Waals surface area contributed by atoms with Crippen LogP contribution in [0.5, 0.6) is 5.88 Å². The third-order valence-corrected chi connectivity index (χ3v) is 6.87. The first-order valence-electron chi connectivity index (χ1n) is 13.8. The minimum absolute atomic E-state index is 0.260. The SMILES string of the molecule is CCOC(=O)CCCOc1ccc2ncc(F)c(CCC3CCC(COC)(NC(=O)OC(C)(C)C)CC3)c2n1. The van der Waals surface area contributed by atoms with Crippen molar-refractivity contribution in [1.29, 1.82) is 0 Å². The van der Waals surface area contributed by atoms with Crippen molar-refractivity contribution in [3.63, 3.8) is 0 Å². The summed E-state index contributed by atoms with van der Waals surface area (Å²) in [5, 5.41) is 3.05. The van der Waals surface area contributed by atoms with Gasteiger partial charge < -0.3 is 24.3 Å². The summed E-state index contributed by atoms with van der Waals surface area (Å²) in [5.41, 5.74) is 0.582. The van der Waals surface area contributed by atoms with Gasteiger partial charge in [-0.25, -0.2) is 14.2 Å². The zero-order valence-corrected chi connectivity index (χ0v) is 23.8. The van der Waals surface area contributed by atoms with E-state index in [2.05, 4.69) is 15.3 Å². The van der Waals surface area contributed by atoms with Gasteiger partial charge in [-0.05, 0) is 84.6 Å². The van der Waals surface area contributed by atoms with Crippen LogP contribution in [0.25, 0.3) is 11.0 Å². The number of aryl methyl sites for hydroxylation is 1. The number of aromatic nitrogens is 2. The number of alkyl carbamates (subject to hydrolysis) is 1. The summed E-state index contributed by atoms with van der Waals surface area (Å²) in [7, 11) is 1.63. The van der Waals surface area contributed by atoms with E-state index in [1.54, 1.807) is 26.2 Å². The van der Waals surface area contributed by atoms with Gasteiger partial charge in [-0.15, -0.1) is 0 Å². The van der Waals surface area contributed by atoms with Crippen molar-refractivity contribution in [3.8, 4) is 5.88 Å². The summed E-state index contributed by atoms with van der Waals surface area (Å²) in [4.78, 5) is 32.7. The standard InChI is InChI=1S/C29H42FN3O6/c1-6-37-25(34)8-7-17-38-24-12-11-23-26(32-24)21(22(30)18-31-23)10-9-20-13-15-29(16-14-20,19-36-5)33-27(35)39-28(2,3)4/h11-12,18,20H,6-10,13-17,19H2,1-5H3,(H,33,35). The second-order valence-corrected chi connectivity index (χ2v) is 11.2. The van der Waals surface area contributed by atoms with E-state index in [0.29, 0.717) is 61.1 Å². The van der Waals surface area contributed by atoms with E-state index < -0.39 is 17.2 Å². The average molecular weight is 548 g/mol. The van der Waals surface area contributed by atoms with E-state index in [9.17, 15) is 14.0 Å². The van der Waals surface area contributed by atoms with E-state index in [4.69, 9.17) is 18.9 Å². The first kappa shape index (κ1) is 30.5. The van der Waals surface area contributed by atoms with Gasteiger partial charge in [0.1, 0.15) is 11.4 Å². The molecule has 39 heavy (non-hydrogen) atoms. The molecule has 2 heterocycles. The molecule has 2 aromatic rings. The number of nitrogens with zero attached hydrogens (tertiary/aromatic N) is 2. The number of carbonyl (C=O) groups is 2. The maximum atomic E-state index is 14.9. The number of halogens is 1. The molecule has 1 amide bonds. The molecule has 0 aliphatic heterocycles. The molecule has 1 saturated carbocycles. The normalized spacial score (nSPS) is 19.5. The van der Waals surface area contributed by atoms with Crippen LogP contribution < -0.4 is 10.1 Å². The van der Waals surface area contributed by atoms with Gasteiger partial charge in [0.05, 0.1) is 42.6 Å². The minimum atomic E-state index is -0.575. The van der Waals surface area contributed by atoms with Crippen LogP contribution in [0.1, 0.15) is 78.2 Å². The predicted octanol–water partition coefficient (Wildman–Crippen LogP) is 5.52. The molecule has 0 atom stereocenters. The minimum Gasteiger partial charge on any atom is -0.478 e.